The Labute approximate surface area is 454 Å². The Morgan fingerprint density at radius 2 is 1.51 bits per heavy atom. The summed E-state index contributed by atoms with van der Waals surface area (Å²) in [5.41, 5.74) is 18.3. The summed E-state index contributed by atoms with van der Waals surface area (Å²) in [6, 6.07) is -2.53. The quantitative estimate of drug-likeness (QED) is 0.0346. The highest BCUT2D eigenvalue weighted by Gasteiger charge is 2.44. The lowest BCUT2D eigenvalue weighted by atomic mass is 9.89. The molecule has 2 aliphatic rings. The number of Topliss-reactive ketones (excluding diaryl/α,β-unsaturated/α-hetero) is 2. The summed E-state index contributed by atoms with van der Waals surface area (Å²) < 4.78 is 0. The standard InChI is InChI=1S/C56H90N8O13/c1-7-32(3)27-33(4)17-13-11-9-10-12-14-21-47(70)61-42(19-16-26-60-53(74)40-28-37(18-15-20-44(40)67)50(71)34(5)45(68)30-46(59)69)54(75)63-49(41(58)8-2)56(77)64-31-38(57)29-43(64)55(76)62-48(35(6)65)52(73)51(72)36-22-24-39(66)25-23-36/h8,22-25,28,32-34,38,40-45,48-49,51-52,66-68,72-73H,2,7,9-21,26-27,29-31,57-58H2,1,3-6H3,(H2,59,69)(H,60,74)(H,61,70)(H,62,76)(H,63,75). The van der Waals surface area contributed by atoms with E-state index in [1.807, 2.05) is 0 Å². The van der Waals surface area contributed by atoms with Crippen molar-refractivity contribution in [3.63, 3.8) is 0 Å². The second kappa shape index (κ2) is 33.0. The number of nitrogens with two attached hydrogens (primary N) is 3. The number of benzene rings is 1. The number of primary amides is 1. The van der Waals surface area contributed by atoms with Gasteiger partial charge in [0.1, 0.15) is 42.1 Å². The van der Waals surface area contributed by atoms with Crippen molar-refractivity contribution in [2.24, 2.45) is 40.9 Å². The van der Waals surface area contributed by atoms with Crippen LogP contribution in [0.15, 0.2) is 48.6 Å². The highest BCUT2D eigenvalue weighted by Crippen LogP contribution is 2.28. The molecule has 14 unspecified atom stereocenters. The number of amides is 6. The number of unbranched alkanes of at least 4 members (excludes halogenated alkanes) is 5. The van der Waals surface area contributed by atoms with Crippen molar-refractivity contribution in [3.8, 4) is 5.75 Å². The summed E-state index contributed by atoms with van der Waals surface area (Å²) in [5, 5.41) is 63.6. The zero-order valence-corrected chi connectivity index (χ0v) is 45.9. The average Bonchev–Trinajstić information content (AvgIpc) is 3.68. The number of hydrogen-bond donors (Lipinski definition) is 12. The van der Waals surface area contributed by atoms with Gasteiger partial charge in [0.15, 0.2) is 11.6 Å². The van der Waals surface area contributed by atoms with Gasteiger partial charge in [0.2, 0.25) is 35.4 Å². The molecule has 0 spiro atoms. The lowest BCUT2D eigenvalue weighted by Gasteiger charge is -2.33. The minimum absolute atomic E-state index is 0.0398. The second-order valence-corrected chi connectivity index (χ2v) is 21.6. The number of carbonyl (C=O) groups excluding carboxylic acids is 8. The number of aromatic hydroxyl groups is 1. The summed E-state index contributed by atoms with van der Waals surface area (Å²) >= 11 is 0. The molecule has 1 aromatic rings. The van der Waals surface area contributed by atoms with Gasteiger partial charge in [0.25, 0.3) is 0 Å². The molecule has 15 N–H and O–H groups in total. The molecule has 0 saturated carbocycles. The Kier molecular flexibility index (Phi) is 28.2. The van der Waals surface area contributed by atoms with Crippen molar-refractivity contribution in [2.45, 2.75) is 204 Å². The Hall–Kier alpha value is -5.58. The van der Waals surface area contributed by atoms with Gasteiger partial charge < -0.3 is 68.9 Å². The van der Waals surface area contributed by atoms with Crippen molar-refractivity contribution in [2.75, 3.05) is 13.1 Å². The van der Waals surface area contributed by atoms with Crippen LogP contribution in [0, 0.1) is 23.7 Å². The van der Waals surface area contributed by atoms with Crippen molar-refractivity contribution >= 4 is 47.0 Å². The SMILES string of the molecule is C=CC(N)C(NC(=O)C(CCCNC(=O)C1C=C(C(=O)C(C)C(O)CC(N)=O)CCCC1O)NC(=O)CCCCCCCCC(C)CC(C)CC)C(=O)N1CC(N)CC1C(=O)NC(C(C)=O)C(O)C(O)c1ccc(O)cc1. The van der Waals surface area contributed by atoms with Gasteiger partial charge in [0, 0.05) is 31.5 Å². The molecule has 1 saturated heterocycles. The molecule has 1 heterocycles. The Balaban J connectivity index is 1.77. The molecule has 1 aliphatic carbocycles. The van der Waals surface area contributed by atoms with Crippen LogP contribution in [-0.2, 0) is 38.4 Å². The fourth-order valence-electron chi connectivity index (χ4n) is 10.0. The van der Waals surface area contributed by atoms with Crippen LogP contribution in [0.1, 0.15) is 155 Å². The minimum atomic E-state index is -1.85. The Morgan fingerprint density at radius 3 is 2.13 bits per heavy atom. The zero-order chi connectivity index (χ0) is 57.5. The molecule has 6 amide bonds. The number of nitrogens with one attached hydrogen (secondary N) is 4. The monoisotopic (exact) mass is 1080 g/mol. The Morgan fingerprint density at radius 1 is 0.857 bits per heavy atom. The second-order valence-electron chi connectivity index (χ2n) is 21.6. The molecule has 14 atom stereocenters. The maximum Gasteiger partial charge on any atom is 0.247 e. The first-order chi connectivity index (χ1) is 36.4. The first-order valence-corrected chi connectivity index (χ1v) is 27.6. The maximum absolute atomic E-state index is 14.5. The molecule has 3 rings (SSSR count). The lowest BCUT2D eigenvalue weighted by molar-refractivity contribution is -0.143. The topological polar surface area (TPSA) is 367 Å². The van der Waals surface area contributed by atoms with Gasteiger partial charge in [-0.2, -0.15) is 0 Å². The molecule has 0 radical (unpaired) electrons. The van der Waals surface area contributed by atoms with E-state index in [2.05, 4.69) is 48.6 Å². The molecule has 432 valence electrons. The highest BCUT2D eigenvalue weighted by molar-refractivity contribution is 5.99. The first kappa shape index (κ1) is 65.7. The number of hydrogen-bond acceptors (Lipinski definition) is 15. The molecule has 21 nitrogen and oxygen atoms in total. The number of aliphatic hydroxyl groups is 4. The van der Waals surface area contributed by atoms with Crippen LogP contribution < -0.4 is 38.5 Å². The van der Waals surface area contributed by atoms with Gasteiger partial charge in [-0.15, -0.1) is 6.58 Å². The van der Waals surface area contributed by atoms with Crippen LogP contribution in [0.5, 0.6) is 5.75 Å². The third kappa shape index (κ3) is 21.3. The van der Waals surface area contributed by atoms with Crippen LogP contribution in [0.25, 0.3) is 0 Å². The first-order valence-electron chi connectivity index (χ1n) is 27.6. The van der Waals surface area contributed by atoms with Gasteiger partial charge >= 0.3 is 0 Å². The lowest BCUT2D eigenvalue weighted by Crippen LogP contribution is -2.62. The number of allylic oxidation sites excluding steroid dienone is 1. The number of phenolic OH excluding ortho intramolecular Hbond substituents is 1. The van der Waals surface area contributed by atoms with Crippen molar-refractivity contribution in [1.82, 2.24) is 26.2 Å². The third-order valence-electron chi connectivity index (χ3n) is 15.0. The van der Waals surface area contributed by atoms with E-state index in [1.165, 1.54) is 62.6 Å². The molecule has 21 heteroatoms. The van der Waals surface area contributed by atoms with Crippen LogP contribution in [-0.4, -0.2) is 145 Å². The van der Waals surface area contributed by atoms with Crippen LogP contribution in [0.3, 0.4) is 0 Å². The summed E-state index contributed by atoms with van der Waals surface area (Å²) in [5.74, 6) is -6.39. The number of rotatable bonds is 34. The molecular formula is C56H90N8O13. The van der Waals surface area contributed by atoms with Crippen LogP contribution in [0.2, 0.25) is 0 Å². The fourth-order valence-corrected chi connectivity index (χ4v) is 10.0. The van der Waals surface area contributed by atoms with Gasteiger partial charge in [-0.05, 0) is 93.4 Å². The summed E-state index contributed by atoms with van der Waals surface area (Å²) in [7, 11) is 0. The van der Waals surface area contributed by atoms with Crippen molar-refractivity contribution < 1.29 is 63.9 Å². The zero-order valence-electron chi connectivity index (χ0n) is 45.9. The van der Waals surface area contributed by atoms with E-state index in [0.717, 1.165) is 43.9 Å². The van der Waals surface area contributed by atoms with Gasteiger partial charge in [-0.1, -0.05) is 96.9 Å². The van der Waals surface area contributed by atoms with E-state index in [1.54, 1.807) is 0 Å². The third-order valence-corrected chi connectivity index (χ3v) is 15.0. The number of nitrogens with zero attached hydrogens (tertiary/aromatic N) is 1. The summed E-state index contributed by atoms with van der Waals surface area (Å²) in [6.07, 6.45) is 6.22. The molecule has 77 heavy (non-hydrogen) atoms. The van der Waals surface area contributed by atoms with Gasteiger partial charge in [-0.25, -0.2) is 0 Å². The van der Waals surface area contributed by atoms with E-state index in [9.17, 15) is 63.9 Å². The van der Waals surface area contributed by atoms with E-state index in [0.29, 0.717) is 24.7 Å². The predicted molar refractivity (Wildman–Crippen MR) is 290 cm³/mol. The Bertz CT molecular complexity index is 2160. The number of ketones is 2. The number of aliphatic hydroxyl groups excluding tert-OH is 4. The maximum atomic E-state index is 14.5. The van der Waals surface area contributed by atoms with E-state index < -0.39 is 126 Å². The van der Waals surface area contributed by atoms with E-state index >= 15 is 0 Å². The van der Waals surface area contributed by atoms with E-state index in [4.69, 9.17) is 17.2 Å². The van der Waals surface area contributed by atoms with Crippen LogP contribution in [0.4, 0.5) is 0 Å². The van der Waals surface area contributed by atoms with E-state index in [-0.39, 0.29) is 68.5 Å². The summed E-state index contributed by atoms with van der Waals surface area (Å²) in [4.78, 5) is 108. The molecule has 0 bridgehead atoms. The largest absolute Gasteiger partial charge is 0.508 e. The molecule has 0 aromatic heterocycles. The van der Waals surface area contributed by atoms with Crippen LogP contribution >= 0.6 is 0 Å². The molecule has 1 aliphatic heterocycles. The van der Waals surface area contributed by atoms with Gasteiger partial charge in [-0.3, -0.25) is 38.4 Å². The number of phenols is 1. The van der Waals surface area contributed by atoms with Crippen molar-refractivity contribution in [3.05, 3.63) is 54.1 Å². The number of likely N-dealkylation sites (tertiary alicyclic amines) is 1. The fraction of sp³-hybridized carbons (Fsp3) is 0.679. The average molecular weight is 1080 g/mol. The molecular weight excluding hydrogens is 993 g/mol. The molecule has 1 fully saturated rings. The predicted octanol–water partition coefficient (Wildman–Crippen LogP) is 1.89. The molecule has 1 aromatic carbocycles. The van der Waals surface area contributed by atoms with Crippen molar-refractivity contribution in [1.29, 1.82) is 0 Å². The number of carbonyl (C=O) groups is 8. The summed E-state index contributed by atoms with van der Waals surface area (Å²) in [6.45, 7) is 12.8. The van der Waals surface area contributed by atoms with Gasteiger partial charge in [0.05, 0.1) is 30.6 Å². The normalized spacial score (nSPS) is 21.5. The smallest absolute Gasteiger partial charge is 0.247 e. The highest BCUT2D eigenvalue weighted by atomic mass is 16.3. The minimum Gasteiger partial charge on any atom is -0.508 e.